The number of ether oxygens (including phenoxy) is 1. The van der Waals surface area contributed by atoms with Crippen LogP contribution in [0.4, 0.5) is 51.6 Å². The molecule has 3 amide bonds. The topological polar surface area (TPSA) is 253 Å². The van der Waals surface area contributed by atoms with Crippen molar-refractivity contribution in [1.82, 2.24) is 70.1 Å². The van der Waals surface area contributed by atoms with Crippen LogP contribution in [0, 0.1) is 0 Å². The maximum atomic E-state index is 12.9. The third-order valence-corrected chi connectivity index (χ3v) is 20.6. The zero-order chi connectivity index (χ0) is 70.1. The molecular formula is C79H82N20O4. The van der Waals surface area contributed by atoms with Crippen LogP contribution in [0.1, 0.15) is 47.8 Å². The summed E-state index contributed by atoms with van der Waals surface area (Å²) in [5.74, 6) is 1.97. The highest BCUT2D eigenvalue weighted by molar-refractivity contribution is 6.10. The van der Waals surface area contributed by atoms with E-state index in [-0.39, 0.29) is 17.7 Å². The Balaban J connectivity index is 0.000000120. The lowest BCUT2D eigenvalue weighted by Crippen LogP contribution is -2.44. The van der Waals surface area contributed by atoms with E-state index >= 15 is 0 Å². The molecular weight excluding hydrogens is 1290 g/mol. The van der Waals surface area contributed by atoms with Gasteiger partial charge in [-0.05, 0) is 145 Å². The van der Waals surface area contributed by atoms with Gasteiger partial charge in [-0.2, -0.15) is 0 Å². The minimum atomic E-state index is -0.0728. The number of hydrogen-bond donors (Lipinski definition) is 8. The maximum absolute atomic E-state index is 12.9. The lowest BCUT2D eigenvalue weighted by Gasteiger charge is -2.33. The molecule has 0 bridgehead atoms. The third kappa shape index (κ3) is 13.5. The number of piperazine rings is 3. The zero-order valence-electron chi connectivity index (χ0n) is 58.2. The fraction of sp³-hybridized carbons (Fsp3) is 0.266. The van der Waals surface area contributed by atoms with E-state index in [1.807, 2.05) is 110 Å². The van der Waals surface area contributed by atoms with E-state index in [4.69, 9.17) is 4.74 Å². The van der Waals surface area contributed by atoms with Crippen molar-refractivity contribution in [2.45, 2.75) is 26.2 Å². The average Bonchev–Trinajstić information content (AvgIpc) is 1.66. The van der Waals surface area contributed by atoms with E-state index < -0.39 is 0 Å². The summed E-state index contributed by atoms with van der Waals surface area (Å²) in [6.45, 7) is 15.2. The molecule has 103 heavy (non-hydrogen) atoms. The predicted molar refractivity (Wildman–Crippen MR) is 408 cm³/mol. The lowest BCUT2D eigenvalue weighted by atomic mass is 9.94. The van der Waals surface area contributed by atoms with Gasteiger partial charge in [0.25, 0.3) is 17.7 Å². The van der Waals surface area contributed by atoms with Crippen molar-refractivity contribution >= 4 is 102 Å². The van der Waals surface area contributed by atoms with E-state index in [0.29, 0.717) is 48.7 Å². The molecule has 6 aliphatic heterocycles. The van der Waals surface area contributed by atoms with E-state index in [0.717, 1.165) is 214 Å². The number of rotatable bonds is 15. The van der Waals surface area contributed by atoms with Crippen LogP contribution in [0.5, 0.6) is 0 Å². The van der Waals surface area contributed by atoms with Crippen LogP contribution in [-0.2, 0) is 30.9 Å². The number of para-hydroxylation sites is 1. The first-order chi connectivity index (χ1) is 50.4. The van der Waals surface area contributed by atoms with Gasteiger partial charge in [0.2, 0.25) is 0 Å². The summed E-state index contributed by atoms with van der Waals surface area (Å²) in [7, 11) is 8.16. The van der Waals surface area contributed by atoms with Gasteiger partial charge in [0.05, 0.1) is 76.0 Å². The molecule has 3 fully saturated rings. The van der Waals surface area contributed by atoms with Crippen LogP contribution >= 0.6 is 0 Å². The second kappa shape index (κ2) is 28.7. The fourth-order valence-electron chi connectivity index (χ4n) is 14.8. The van der Waals surface area contributed by atoms with Crippen LogP contribution in [0.2, 0.25) is 0 Å². The predicted octanol–water partition coefficient (Wildman–Crippen LogP) is 10.8. The fourth-order valence-corrected chi connectivity index (χ4v) is 14.8. The molecule has 6 aliphatic rings. The van der Waals surface area contributed by atoms with Gasteiger partial charge in [-0.25, -0.2) is 24.9 Å². The molecule has 0 aliphatic carbocycles. The second-order valence-electron chi connectivity index (χ2n) is 27.0. The second-order valence-corrected chi connectivity index (χ2v) is 27.0. The van der Waals surface area contributed by atoms with Crippen LogP contribution in [0.3, 0.4) is 0 Å². The highest BCUT2D eigenvalue weighted by Crippen LogP contribution is 2.41. The van der Waals surface area contributed by atoms with Crippen LogP contribution < -0.4 is 46.6 Å². The number of anilines is 9. The van der Waals surface area contributed by atoms with Gasteiger partial charge in [-0.1, -0.05) is 36.4 Å². The Morgan fingerprint density at radius 2 is 0.942 bits per heavy atom. The molecule has 24 heteroatoms. The minimum Gasteiger partial charge on any atom is -0.383 e. The SMILES string of the molecule is CN1CCN(c2ccc(Nc3ccc(-c4c[nH]c5ccccc45)c4c3C(=O)NC4)nc2)CC1.CN1CCN(c2ccc(Nc3ccc(-c4cnc5[nH]ccc5c4)c4c3C(=O)NC4)nc2)CC1.COCCn1ccc2c(-c3ccc(Nc4ccc(N5CCN(C)CC5)cn4)c4c3CNC4=O)ccnc21. The zero-order valence-corrected chi connectivity index (χ0v) is 58.2. The van der Waals surface area contributed by atoms with Crippen LogP contribution in [0.15, 0.2) is 171 Å². The molecule has 12 aromatic rings. The molecule has 18 rings (SSSR count). The summed E-state index contributed by atoms with van der Waals surface area (Å²) < 4.78 is 7.34. The first-order valence-electron chi connectivity index (χ1n) is 35.2. The molecule has 0 saturated carbocycles. The van der Waals surface area contributed by atoms with Crippen molar-refractivity contribution in [1.29, 1.82) is 0 Å². The normalized spacial score (nSPS) is 16.0. The summed E-state index contributed by atoms with van der Waals surface area (Å²) in [5, 5.41) is 22.4. The number of amides is 3. The van der Waals surface area contributed by atoms with Crippen LogP contribution in [-0.4, -0.2) is 185 Å². The van der Waals surface area contributed by atoms with Crippen molar-refractivity contribution in [2.24, 2.45) is 0 Å². The van der Waals surface area contributed by atoms with Gasteiger partial charge >= 0.3 is 0 Å². The molecule has 8 N–H and O–H groups in total. The Morgan fingerprint density at radius 1 is 0.456 bits per heavy atom. The number of fused-ring (bicyclic) bond motifs is 6. The molecule has 8 aromatic heterocycles. The maximum Gasteiger partial charge on any atom is 0.254 e. The molecule has 0 radical (unpaired) electrons. The highest BCUT2D eigenvalue weighted by Gasteiger charge is 2.31. The van der Waals surface area contributed by atoms with Gasteiger partial charge in [0.1, 0.15) is 28.7 Å². The van der Waals surface area contributed by atoms with E-state index in [1.165, 1.54) is 0 Å². The van der Waals surface area contributed by atoms with E-state index in [1.54, 1.807) is 7.11 Å². The van der Waals surface area contributed by atoms with Crippen LogP contribution in [0.25, 0.3) is 66.4 Å². The van der Waals surface area contributed by atoms with Crippen molar-refractivity contribution in [3.63, 3.8) is 0 Å². The van der Waals surface area contributed by atoms with Gasteiger partial charge in [-0.3, -0.25) is 14.4 Å². The summed E-state index contributed by atoms with van der Waals surface area (Å²) in [5.41, 5.74) is 19.9. The number of carbonyl (C=O) groups is 3. The molecule has 14 heterocycles. The van der Waals surface area contributed by atoms with Gasteiger partial charge in [-0.15, -0.1) is 0 Å². The first kappa shape index (κ1) is 65.9. The Bertz CT molecular complexity index is 5120. The number of aromatic nitrogens is 8. The van der Waals surface area contributed by atoms with Crippen molar-refractivity contribution < 1.29 is 19.1 Å². The summed E-state index contributed by atoms with van der Waals surface area (Å²) in [6, 6.07) is 40.8. The van der Waals surface area contributed by atoms with E-state index in [2.05, 4.69) is 183 Å². The molecule has 522 valence electrons. The van der Waals surface area contributed by atoms with Gasteiger partial charge < -0.3 is 80.6 Å². The number of carbonyl (C=O) groups excluding carboxylic acids is 3. The number of likely N-dealkylation sites (N-methyl/N-ethyl adjacent to an activating group) is 3. The number of nitrogens with zero attached hydrogens (tertiary/aromatic N) is 12. The van der Waals surface area contributed by atoms with Gasteiger partial charge in [0.15, 0.2) is 0 Å². The smallest absolute Gasteiger partial charge is 0.254 e. The largest absolute Gasteiger partial charge is 0.383 e. The first-order valence-corrected chi connectivity index (χ1v) is 35.2. The molecule has 24 nitrogen and oxygen atoms in total. The van der Waals surface area contributed by atoms with Gasteiger partial charge in [0, 0.05) is 176 Å². The molecule has 0 spiro atoms. The third-order valence-electron chi connectivity index (χ3n) is 20.6. The van der Waals surface area contributed by atoms with Crippen molar-refractivity contribution in [3.05, 3.63) is 204 Å². The number of pyridine rings is 5. The molecule has 0 unspecified atom stereocenters. The Labute approximate surface area is 596 Å². The standard InChI is InChI=1S/C28H31N7O2.C26H26N6O.C25H25N7O/c1-33-11-13-34(14-12-33)19-3-6-25(30-17-19)32-24-5-4-20(23-18-31-28(36)26(23)24)21-7-9-29-27-22(21)8-10-35(27)15-16-37-2;1-31-10-12-32(13-11-31)17-6-9-24(28-14-17)30-23-8-7-18(21-16-29-26(33)25(21)23)20-15-27-22-5-3-2-4-19(20)22;1-31-8-10-32(11-9-31)18-2-5-22(27-14-18)30-21-4-3-19(20-15-29-25(33)23(20)21)17-12-16-6-7-26-24(16)28-13-17/h3-10,17H,11-16,18H2,1-2H3,(H,30,32)(H,31,36);2-9,14-15,27H,10-13,16H2,1H3,(H,28,30)(H,29,33);2-7,12-14H,8-11,15H2,1H3,(H,26,28)(H,27,30)(H,29,33). The lowest BCUT2D eigenvalue weighted by molar-refractivity contribution is 0.0958. The summed E-state index contributed by atoms with van der Waals surface area (Å²) >= 11 is 0. The number of aromatic amines is 2. The minimum absolute atomic E-state index is 0.0525. The quantitative estimate of drug-likeness (QED) is 0.0475. The number of H-pyrrole nitrogens is 2. The summed E-state index contributed by atoms with van der Waals surface area (Å²) in [6.07, 6.45) is 15.3. The molecule has 0 atom stereocenters. The van der Waals surface area contributed by atoms with E-state index in [9.17, 15) is 14.4 Å². The average molecular weight is 1380 g/mol. The highest BCUT2D eigenvalue weighted by atomic mass is 16.5. The molecule has 4 aromatic carbocycles. The Hall–Kier alpha value is -11.7. The number of nitrogens with one attached hydrogen (secondary N) is 8. The molecule has 3 saturated heterocycles. The van der Waals surface area contributed by atoms with Crippen molar-refractivity contribution in [3.8, 4) is 33.4 Å². The summed E-state index contributed by atoms with van der Waals surface area (Å²) in [4.78, 5) is 81.9. The van der Waals surface area contributed by atoms with Crippen molar-refractivity contribution in [2.75, 3.05) is 144 Å². The number of hydrogen-bond acceptors (Lipinski definition) is 18. The number of benzene rings is 4. The number of methoxy groups -OCH3 is 1. The Kier molecular flexibility index (Phi) is 18.4. The Morgan fingerprint density at radius 3 is 1.44 bits per heavy atom. The monoisotopic (exact) mass is 1370 g/mol.